The first-order valence-corrected chi connectivity index (χ1v) is 37.3. The van der Waals surface area contributed by atoms with Crippen molar-refractivity contribution in [2.24, 2.45) is 0 Å². The lowest BCUT2D eigenvalue weighted by atomic mass is 10.0. The average Bonchev–Trinajstić information content (AvgIpc) is 0.787. The van der Waals surface area contributed by atoms with Crippen molar-refractivity contribution >= 4 is 192 Å². The lowest BCUT2D eigenvalue weighted by Crippen LogP contribution is -2.14. The monoisotopic (exact) mass is 1870 g/mol. The van der Waals surface area contributed by atoms with Crippen molar-refractivity contribution in [3.8, 4) is 50.8 Å². The third-order valence-electron chi connectivity index (χ3n) is 14.8. The summed E-state index contributed by atoms with van der Waals surface area (Å²) >= 11 is 26.9. The number of aromatic nitrogens is 4. The van der Waals surface area contributed by atoms with Crippen LogP contribution in [0.1, 0.15) is 53.1 Å². The molecule has 12 aromatic carbocycles. The van der Waals surface area contributed by atoms with Gasteiger partial charge in [0.2, 0.25) is 11.6 Å². The van der Waals surface area contributed by atoms with Crippen LogP contribution in [0.3, 0.4) is 0 Å². The number of para-hydroxylation sites is 6. The van der Waals surface area contributed by atoms with Crippen LogP contribution in [0, 0.1) is 0 Å². The van der Waals surface area contributed by atoms with Gasteiger partial charge in [-0.05, 0) is 188 Å². The van der Waals surface area contributed by atoms with Crippen LogP contribution in [0.15, 0.2) is 327 Å². The summed E-state index contributed by atoms with van der Waals surface area (Å²) in [6.45, 7) is 0. The van der Waals surface area contributed by atoms with E-state index in [0.29, 0.717) is 52.6 Å². The molecule has 1 radical (unpaired) electrons. The fourth-order valence-electron chi connectivity index (χ4n) is 9.47. The minimum absolute atomic E-state index is 0.301. The van der Waals surface area contributed by atoms with Crippen LogP contribution in [0.2, 0.25) is 0 Å². The molecule has 2 aromatic heterocycles. The Labute approximate surface area is 662 Å². The summed E-state index contributed by atoms with van der Waals surface area (Å²) in [6, 6.07) is 89.4. The number of nitrogen functional groups attached to an aromatic ring is 2. The van der Waals surface area contributed by atoms with Crippen LogP contribution in [0.25, 0.3) is 67.1 Å². The number of carbonyl (C=O) groups is 4. The molecular weight excluding hydrogens is 1820 g/mol. The Morgan fingerprint density at radius 1 is 0.350 bits per heavy atom. The topological polar surface area (TPSA) is 222 Å². The van der Waals surface area contributed by atoms with Crippen LogP contribution < -0.4 is 16.1 Å². The van der Waals surface area contributed by atoms with E-state index in [9.17, 15) is 24.3 Å². The van der Waals surface area contributed by atoms with Gasteiger partial charge in [-0.25, -0.2) is 19.9 Å². The molecule has 0 fully saturated rings. The highest BCUT2D eigenvalue weighted by molar-refractivity contribution is 9.11. The second kappa shape index (κ2) is 39.2. The van der Waals surface area contributed by atoms with E-state index in [2.05, 4.69) is 152 Å². The first-order valence-electron chi connectivity index (χ1n) is 30.9. The number of anilines is 2. The van der Waals surface area contributed by atoms with E-state index in [1.54, 1.807) is 133 Å². The molecule has 0 saturated carbocycles. The number of aldehydes is 1. The first-order chi connectivity index (χ1) is 49.7. The molecule has 511 valence electrons. The summed E-state index contributed by atoms with van der Waals surface area (Å²) in [4.78, 5) is 65.6. The summed E-state index contributed by atoms with van der Waals surface area (Å²) in [5, 5.41) is 18.8. The van der Waals surface area contributed by atoms with Crippen LogP contribution in [0.4, 0.5) is 11.4 Å². The maximum Gasteiger partial charge on any atom is 0.569 e. The molecular formula is C81H56BBr8N6O7. The van der Waals surface area contributed by atoms with E-state index in [1.165, 1.54) is 0 Å². The van der Waals surface area contributed by atoms with Gasteiger partial charge in [-0.15, -0.1) is 0 Å². The minimum atomic E-state index is -1.13. The Balaban J connectivity index is 0.000000149. The molecule has 13 nitrogen and oxygen atoms in total. The summed E-state index contributed by atoms with van der Waals surface area (Å²) < 4.78 is 12.6. The average molecular weight is 1880 g/mol. The fraction of sp³-hybridized carbons (Fsp3) is 0.0123. The number of fused-ring (bicyclic) bond motifs is 2. The highest BCUT2D eigenvalue weighted by Crippen LogP contribution is 2.35. The second-order valence-corrected chi connectivity index (χ2v) is 29.2. The molecule has 0 saturated heterocycles. The summed E-state index contributed by atoms with van der Waals surface area (Å²) in [5.74, 6) is -0.741. The molecule has 103 heavy (non-hydrogen) atoms. The smallest absolute Gasteiger partial charge is 0.537 e. The van der Waals surface area contributed by atoms with Gasteiger partial charge >= 0.3 is 7.69 Å². The molecule has 6 N–H and O–H groups in total. The van der Waals surface area contributed by atoms with E-state index in [4.69, 9.17) is 41.1 Å². The summed E-state index contributed by atoms with van der Waals surface area (Å²) in [5.41, 5.74) is 25.6. The van der Waals surface area contributed by atoms with Crippen LogP contribution in [-0.2, 0) is 0 Å². The summed E-state index contributed by atoms with van der Waals surface area (Å²) in [6.07, 6.45) is -0.300. The Hall–Kier alpha value is -8.78. The van der Waals surface area contributed by atoms with E-state index >= 15 is 0 Å². The predicted octanol–water partition coefficient (Wildman–Crippen LogP) is 22.6. The van der Waals surface area contributed by atoms with E-state index in [0.717, 1.165) is 109 Å². The van der Waals surface area contributed by atoms with Gasteiger partial charge in [-0.2, -0.15) is 0 Å². The molecule has 0 spiro atoms. The molecule has 1 atom stereocenters. The van der Waals surface area contributed by atoms with E-state index in [1.807, 2.05) is 133 Å². The summed E-state index contributed by atoms with van der Waals surface area (Å²) in [7, 11) is 0.665. The third kappa shape index (κ3) is 23.1. The van der Waals surface area contributed by atoms with Crippen molar-refractivity contribution < 1.29 is 34.0 Å². The lowest BCUT2D eigenvalue weighted by Gasteiger charge is -2.11. The molecule has 1 unspecified atom stereocenters. The maximum atomic E-state index is 12.1. The number of benzene rings is 12. The molecule has 0 amide bonds. The van der Waals surface area contributed by atoms with Crippen LogP contribution in [0.5, 0.6) is 5.75 Å². The third-order valence-corrected chi connectivity index (χ3v) is 19.0. The van der Waals surface area contributed by atoms with Crippen molar-refractivity contribution in [3.63, 3.8) is 0 Å². The highest BCUT2D eigenvalue weighted by Gasteiger charge is 2.21. The minimum Gasteiger partial charge on any atom is -0.537 e. The van der Waals surface area contributed by atoms with E-state index < -0.39 is 17.7 Å². The van der Waals surface area contributed by atoms with Gasteiger partial charge < -0.3 is 26.3 Å². The van der Waals surface area contributed by atoms with Crippen LogP contribution >= 0.6 is 127 Å². The predicted molar refractivity (Wildman–Crippen MR) is 442 cm³/mol. The van der Waals surface area contributed by atoms with Crippen molar-refractivity contribution in [2.75, 3.05) is 11.5 Å². The molecule has 0 aliphatic heterocycles. The van der Waals surface area contributed by atoms with Gasteiger partial charge in [-0.1, -0.05) is 237 Å². The van der Waals surface area contributed by atoms with Crippen molar-refractivity contribution in [1.82, 2.24) is 19.9 Å². The Morgan fingerprint density at radius 3 is 0.883 bits per heavy atom. The van der Waals surface area contributed by atoms with Gasteiger partial charge in [0.15, 0.2) is 5.78 Å². The number of hydrogen-bond acceptors (Lipinski definition) is 13. The number of aliphatic hydroxyl groups is 1. The van der Waals surface area contributed by atoms with Gasteiger partial charge in [0.25, 0.3) is 0 Å². The quantitative estimate of drug-likeness (QED) is 0.0278. The van der Waals surface area contributed by atoms with E-state index in [-0.39, 0.29) is 5.78 Å². The molecule has 0 bridgehead atoms. The molecule has 0 aliphatic carbocycles. The number of carbonyl (C=O) groups excluding carboxylic acids is 4. The number of hydrogen-bond donors (Lipinski definition) is 4. The molecule has 2 heterocycles. The number of Topliss-reactive ketones (excluding diaryl/α,β-unsaturated/α-hetero) is 3. The SMILES string of the molecule is Brc1ccc(-c2nc3ccccc3nc2-c2ccc(Br)cc2)cc1.Nc1ccccc1N.O=C(C(=O)c1ccc(Br)cc1)c1ccc(Br)cc1.O=C(c1ccc(Br)cc1)C(O)c1ccc(Br)cc1.O=Cc1ccc(Br)cc1.O[B]Oc1ccc(-c2nc3ccccc3nc2-c2ccc(Br)cc2)cc1. The van der Waals surface area contributed by atoms with Crippen molar-refractivity contribution in [2.45, 2.75) is 6.10 Å². The Bertz CT molecular complexity index is 5010. The van der Waals surface area contributed by atoms with Crippen LogP contribution in [-0.4, -0.2) is 61.4 Å². The number of nitrogens with zero attached hydrogens (tertiary/aromatic N) is 4. The number of rotatable bonds is 13. The molecule has 14 aromatic rings. The number of nitrogens with two attached hydrogens (primary N) is 2. The zero-order valence-electron chi connectivity index (χ0n) is 53.8. The largest absolute Gasteiger partial charge is 0.569 e. The molecule has 14 rings (SSSR count). The number of aliphatic hydroxyl groups excluding tert-OH is 1. The number of ketones is 3. The van der Waals surface area contributed by atoms with Gasteiger partial charge in [0.05, 0.1) is 56.2 Å². The van der Waals surface area contributed by atoms with Gasteiger partial charge in [0, 0.05) is 80.3 Å². The number of halogens is 8. The maximum absolute atomic E-state index is 12.1. The zero-order chi connectivity index (χ0) is 73.4. The molecule has 22 heteroatoms. The van der Waals surface area contributed by atoms with Gasteiger partial charge in [0.1, 0.15) is 18.1 Å². The lowest BCUT2D eigenvalue weighted by molar-refractivity contribution is 0.0747. The van der Waals surface area contributed by atoms with Crippen molar-refractivity contribution in [3.05, 3.63) is 355 Å². The zero-order valence-corrected chi connectivity index (χ0v) is 66.5. The highest BCUT2D eigenvalue weighted by atomic mass is 79.9. The second-order valence-electron chi connectivity index (χ2n) is 21.9. The first kappa shape index (κ1) is 78.4. The Morgan fingerprint density at radius 2 is 0.602 bits per heavy atom. The van der Waals surface area contributed by atoms with Gasteiger partial charge in [-0.3, -0.25) is 19.2 Å². The fourth-order valence-corrected chi connectivity index (χ4v) is 11.6. The Kier molecular flexibility index (Phi) is 29.8. The normalized spacial score (nSPS) is 10.6. The molecule has 0 aliphatic rings. The van der Waals surface area contributed by atoms with Crippen molar-refractivity contribution in [1.29, 1.82) is 0 Å². The standard InChI is InChI=1S/C20H13BBrN2O2.C20H12Br2N2.C14H10Br2O2.C14H8Br2O2.C7H5BrO.C6H8N2/c22-15-9-5-13(6-10-15)19-20(14-7-11-16(12-8-14)26-21-25)24-18-4-2-1-3-17(18)23-19;21-15-9-5-13(6-10-15)19-20(14-7-11-16(22)12-8-14)24-18-4-2-1-3-17(18)23-19;2*15-11-5-1-9(2-6-11)13(17)14(18)10-3-7-12(16)8-4-10;8-7-3-1-6(5-9)2-4-7;7-5-3-1-2-4-6(5)8/h1-12,25H;1-12H;1-8,13,17H;1-8H;1-5H;1-4H,7-8H2.